The number of nitrogens with zero attached hydrogens (tertiary/aromatic N) is 3. The fraction of sp³-hybridized carbons (Fsp3) is 0. The molecule has 2 N–H and O–H groups in total. The smallest absolute Gasteiger partial charge is 0.271 e. The predicted octanol–water partition coefficient (Wildman–Crippen LogP) is 4.85. The molecule has 0 saturated heterocycles. The molecule has 7 nitrogen and oxygen atoms in total. The zero-order valence-corrected chi connectivity index (χ0v) is 11.8. The van der Waals surface area contributed by atoms with E-state index in [0.29, 0.717) is 5.39 Å². The van der Waals surface area contributed by atoms with Gasteiger partial charge in [0.2, 0.25) is 0 Å². The third-order valence-electron chi connectivity index (χ3n) is 3.06. The van der Waals surface area contributed by atoms with Gasteiger partial charge in [-0.2, -0.15) is 0 Å². The molecule has 1 heterocycles. The normalized spacial score (nSPS) is 11.3. The van der Waals surface area contributed by atoms with Gasteiger partial charge in [0.25, 0.3) is 5.69 Å². The minimum atomic E-state index is -0.545. The SMILES string of the molecule is O=[N+]([O-])c1ccc(N=Nc2[nH]c3ccccc3c2O)c(Cl)c1. The molecule has 22 heavy (non-hydrogen) atoms. The highest BCUT2D eigenvalue weighted by Gasteiger charge is 2.11. The predicted molar refractivity (Wildman–Crippen MR) is 82.2 cm³/mol. The summed E-state index contributed by atoms with van der Waals surface area (Å²) in [6.07, 6.45) is 0. The number of para-hydroxylation sites is 1. The van der Waals surface area contributed by atoms with E-state index in [0.717, 1.165) is 5.52 Å². The maximum Gasteiger partial charge on any atom is 0.271 e. The number of aromatic amines is 1. The summed E-state index contributed by atoms with van der Waals surface area (Å²) in [5.74, 6) is 0.174. The fourth-order valence-corrected chi connectivity index (χ4v) is 2.19. The summed E-state index contributed by atoms with van der Waals surface area (Å²) in [5, 5.41) is 29.3. The summed E-state index contributed by atoms with van der Waals surface area (Å²) < 4.78 is 0. The van der Waals surface area contributed by atoms with Crippen molar-refractivity contribution in [3.63, 3.8) is 0 Å². The number of aromatic nitrogens is 1. The largest absolute Gasteiger partial charge is 0.504 e. The first-order valence-electron chi connectivity index (χ1n) is 6.21. The lowest BCUT2D eigenvalue weighted by Crippen LogP contribution is -1.86. The van der Waals surface area contributed by atoms with Crippen molar-refractivity contribution in [2.45, 2.75) is 0 Å². The molecule has 3 rings (SSSR count). The number of halogens is 1. The number of hydrogen-bond donors (Lipinski definition) is 2. The summed E-state index contributed by atoms with van der Waals surface area (Å²) in [5.41, 5.74) is 0.867. The second kappa shape index (κ2) is 5.45. The Kier molecular flexibility index (Phi) is 3.48. The Labute approximate surface area is 129 Å². The van der Waals surface area contributed by atoms with Crippen LogP contribution in [0.4, 0.5) is 17.2 Å². The Morgan fingerprint density at radius 1 is 1.18 bits per heavy atom. The summed E-state index contributed by atoms with van der Waals surface area (Å²) >= 11 is 5.93. The number of benzene rings is 2. The molecule has 0 amide bonds. The van der Waals surface area contributed by atoms with Crippen LogP contribution in [-0.2, 0) is 0 Å². The number of azo groups is 1. The van der Waals surface area contributed by atoms with Crippen LogP contribution in [0.15, 0.2) is 52.7 Å². The van der Waals surface area contributed by atoms with Gasteiger partial charge in [-0.15, -0.1) is 10.2 Å². The zero-order chi connectivity index (χ0) is 15.7. The molecule has 2 aromatic carbocycles. The Bertz CT molecular complexity index is 904. The Morgan fingerprint density at radius 3 is 2.64 bits per heavy atom. The highest BCUT2D eigenvalue weighted by atomic mass is 35.5. The van der Waals surface area contributed by atoms with Crippen LogP contribution in [0, 0.1) is 10.1 Å². The number of nitro benzene ring substituents is 1. The Hall–Kier alpha value is -2.93. The van der Waals surface area contributed by atoms with Gasteiger partial charge in [-0.3, -0.25) is 10.1 Å². The van der Waals surface area contributed by atoms with Crippen LogP contribution < -0.4 is 0 Å². The van der Waals surface area contributed by atoms with E-state index in [4.69, 9.17) is 11.6 Å². The van der Waals surface area contributed by atoms with E-state index < -0.39 is 4.92 Å². The maximum atomic E-state index is 10.6. The van der Waals surface area contributed by atoms with Crippen molar-refractivity contribution in [1.82, 2.24) is 4.98 Å². The van der Waals surface area contributed by atoms with Gasteiger partial charge in [-0.05, 0) is 18.2 Å². The van der Waals surface area contributed by atoms with Crippen molar-refractivity contribution >= 4 is 39.7 Å². The molecule has 0 saturated carbocycles. The van der Waals surface area contributed by atoms with Gasteiger partial charge < -0.3 is 10.1 Å². The number of fused-ring (bicyclic) bond motifs is 1. The molecule has 0 bridgehead atoms. The molecule has 0 spiro atoms. The molecule has 0 unspecified atom stereocenters. The summed E-state index contributed by atoms with van der Waals surface area (Å²) in [7, 11) is 0. The van der Waals surface area contributed by atoms with Crippen LogP contribution in [0.5, 0.6) is 5.75 Å². The van der Waals surface area contributed by atoms with E-state index in [-0.39, 0.29) is 28.0 Å². The average Bonchev–Trinajstić information content (AvgIpc) is 2.83. The number of non-ortho nitro benzene ring substituents is 1. The van der Waals surface area contributed by atoms with Crippen molar-refractivity contribution in [2.75, 3.05) is 0 Å². The van der Waals surface area contributed by atoms with E-state index in [1.165, 1.54) is 18.2 Å². The van der Waals surface area contributed by atoms with Gasteiger partial charge in [-0.25, -0.2) is 0 Å². The molecule has 0 atom stereocenters. The van der Waals surface area contributed by atoms with E-state index in [1.807, 2.05) is 6.07 Å². The number of H-pyrrole nitrogens is 1. The molecule has 0 fully saturated rings. The van der Waals surface area contributed by atoms with Crippen LogP contribution in [0.3, 0.4) is 0 Å². The molecular formula is C14H9ClN4O3. The third kappa shape index (κ3) is 2.49. The Balaban J connectivity index is 1.96. The second-order valence-corrected chi connectivity index (χ2v) is 4.87. The lowest BCUT2D eigenvalue weighted by atomic mass is 10.2. The summed E-state index contributed by atoms with van der Waals surface area (Å²) in [6, 6.07) is 11.0. The van der Waals surface area contributed by atoms with Crippen molar-refractivity contribution in [2.24, 2.45) is 10.2 Å². The van der Waals surface area contributed by atoms with Gasteiger partial charge in [0, 0.05) is 17.5 Å². The van der Waals surface area contributed by atoms with Crippen molar-refractivity contribution in [3.05, 3.63) is 57.6 Å². The number of aromatic hydroxyl groups is 1. The molecule has 110 valence electrons. The van der Waals surface area contributed by atoms with Gasteiger partial charge in [0.15, 0.2) is 11.6 Å². The molecule has 3 aromatic rings. The molecule has 1 aromatic heterocycles. The lowest BCUT2D eigenvalue weighted by Gasteiger charge is -1.96. The highest BCUT2D eigenvalue weighted by molar-refractivity contribution is 6.33. The van der Waals surface area contributed by atoms with Crippen molar-refractivity contribution in [1.29, 1.82) is 0 Å². The molecule has 0 aliphatic heterocycles. The quantitative estimate of drug-likeness (QED) is 0.410. The topological polar surface area (TPSA) is 104 Å². The van der Waals surface area contributed by atoms with Crippen LogP contribution in [-0.4, -0.2) is 15.0 Å². The summed E-state index contributed by atoms with van der Waals surface area (Å²) in [6.45, 7) is 0. The lowest BCUT2D eigenvalue weighted by molar-refractivity contribution is -0.384. The first kappa shape index (κ1) is 14.0. The second-order valence-electron chi connectivity index (χ2n) is 4.46. The maximum absolute atomic E-state index is 10.6. The van der Waals surface area contributed by atoms with Crippen LogP contribution in [0.25, 0.3) is 10.9 Å². The minimum absolute atomic E-state index is 0.0163. The van der Waals surface area contributed by atoms with E-state index in [9.17, 15) is 15.2 Å². The number of nitro groups is 1. The standard InChI is InChI=1S/C14H9ClN4O3/c15-10-7-8(19(21)22)5-6-12(10)17-18-14-13(20)9-3-1-2-4-11(9)16-14/h1-7,16,20H. The monoisotopic (exact) mass is 316 g/mol. The van der Waals surface area contributed by atoms with Crippen molar-refractivity contribution in [3.8, 4) is 5.75 Å². The fourth-order valence-electron chi connectivity index (χ4n) is 1.98. The molecular weight excluding hydrogens is 308 g/mol. The molecule has 0 radical (unpaired) electrons. The van der Waals surface area contributed by atoms with Crippen LogP contribution in [0.2, 0.25) is 5.02 Å². The van der Waals surface area contributed by atoms with Gasteiger partial charge in [-0.1, -0.05) is 23.7 Å². The molecule has 0 aliphatic carbocycles. The van der Waals surface area contributed by atoms with Gasteiger partial charge >= 0.3 is 0 Å². The number of nitrogens with one attached hydrogen (secondary N) is 1. The van der Waals surface area contributed by atoms with Crippen LogP contribution >= 0.6 is 11.6 Å². The number of hydrogen-bond acceptors (Lipinski definition) is 5. The Morgan fingerprint density at radius 2 is 1.95 bits per heavy atom. The first-order valence-corrected chi connectivity index (χ1v) is 6.59. The van der Waals surface area contributed by atoms with E-state index >= 15 is 0 Å². The number of rotatable bonds is 3. The van der Waals surface area contributed by atoms with Gasteiger partial charge in [0.05, 0.1) is 15.5 Å². The third-order valence-corrected chi connectivity index (χ3v) is 3.36. The molecule has 0 aliphatic rings. The van der Waals surface area contributed by atoms with E-state index in [1.54, 1.807) is 18.2 Å². The first-order chi connectivity index (χ1) is 10.6. The van der Waals surface area contributed by atoms with Crippen molar-refractivity contribution < 1.29 is 10.0 Å². The minimum Gasteiger partial charge on any atom is -0.504 e. The van der Waals surface area contributed by atoms with Crippen LogP contribution in [0.1, 0.15) is 0 Å². The van der Waals surface area contributed by atoms with Gasteiger partial charge in [0.1, 0.15) is 5.69 Å². The highest BCUT2D eigenvalue weighted by Crippen LogP contribution is 2.36. The summed E-state index contributed by atoms with van der Waals surface area (Å²) in [4.78, 5) is 13.0. The average molecular weight is 317 g/mol. The molecule has 8 heteroatoms. The van der Waals surface area contributed by atoms with E-state index in [2.05, 4.69) is 15.2 Å². The zero-order valence-electron chi connectivity index (χ0n) is 11.0.